The Balaban J connectivity index is 3.57. The van der Waals surface area contributed by atoms with E-state index in [1.54, 1.807) is 0 Å². The van der Waals surface area contributed by atoms with Gasteiger partial charge in [0, 0.05) is 5.75 Å². The molecule has 0 nitrogen and oxygen atoms in total. The molecule has 0 spiro atoms. The molecule has 0 N–H and O–H groups in total. The third-order valence-electron chi connectivity index (χ3n) is 0.625. The highest BCUT2D eigenvalue weighted by atomic mass is 32.1. The second-order valence-corrected chi connectivity index (χ2v) is 1.58. The predicted molar refractivity (Wildman–Crippen MR) is 36.4 cm³/mol. The number of allylic oxidation sites excluding steroid dienone is 1. The maximum absolute atomic E-state index is 5.01. The minimum atomic E-state index is 0.732. The second kappa shape index (κ2) is 3.83. The first kappa shape index (κ1) is 6.65. The van der Waals surface area contributed by atoms with Gasteiger partial charge in [0.1, 0.15) is 0 Å². The number of rotatable bonds is 1. The molecule has 0 unspecified atom stereocenters. The Labute approximate surface area is 50.0 Å². The van der Waals surface area contributed by atoms with Gasteiger partial charge in [0.2, 0.25) is 0 Å². The van der Waals surface area contributed by atoms with E-state index in [-0.39, 0.29) is 0 Å². The second-order valence-electron chi connectivity index (χ2n) is 1.21. The van der Waals surface area contributed by atoms with Crippen molar-refractivity contribution in [2.75, 3.05) is 5.75 Å². The molecule has 0 rings (SSSR count). The molecule has 38 valence electrons. The van der Waals surface area contributed by atoms with Gasteiger partial charge in [0.25, 0.3) is 0 Å². The molecule has 0 fully saturated rings. The summed E-state index contributed by atoms with van der Waals surface area (Å²) in [6.07, 6.45) is 6.90. The van der Waals surface area contributed by atoms with Gasteiger partial charge in [-0.1, -0.05) is 12.0 Å². The number of thiol groups is 1. The normalized spacial score (nSPS) is 10.7. The van der Waals surface area contributed by atoms with Crippen molar-refractivity contribution in [2.24, 2.45) is 0 Å². The number of hydrogen-bond acceptors (Lipinski definition) is 1. The third-order valence-corrected chi connectivity index (χ3v) is 0.808. The van der Waals surface area contributed by atoms with E-state index in [2.05, 4.69) is 18.5 Å². The third kappa shape index (κ3) is 3.48. The molecule has 7 heavy (non-hydrogen) atoms. The van der Waals surface area contributed by atoms with E-state index < -0.39 is 0 Å². The van der Waals surface area contributed by atoms with Crippen LogP contribution in [0.15, 0.2) is 11.6 Å². The van der Waals surface area contributed by atoms with E-state index in [4.69, 9.17) is 6.42 Å². The van der Waals surface area contributed by atoms with Crippen molar-refractivity contribution in [1.29, 1.82) is 0 Å². The smallest absolute Gasteiger partial charge is 0.00945 e. The zero-order valence-corrected chi connectivity index (χ0v) is 5.20. The first-order chi connectivity index (χ1) is 3.31. The Morgan fingerprint density at radius 3 is 2.71 bits per heavy atom. The fourth-order valence-electron chi connectivity index (χ4n) is 0.196. The van der Waals surface area contributed by atoms with Gasteiger partial charge >= 0.3 is 0 Å². The van der Waals surface area contributed by atoms with Crippen LogP contribution in [0.4, 0.5) is 0 Å². The molecule has 0 bridgehead atoms. The first-order valence-electron chi connectivity index (χ1n) is 2.05. The molecule has 0 aromatic rings. The lowest BCUT2D eigenvalue weighted by molar-refractivity contribution is 1.54. The molecule has 0 aliphatic rings. The summed E-state index contributed by atoms with van der Waals surface area (Å²) in [4.78, 5) is 0. The van der Waals surface area contributed by atoms with Gasteiger partial charge in [-0.3, -0.25) is 0 Å². The molecular weight excluding hydrogens is 104 g/mol. The Kier molecular flexibility index (Phi) is 3.64. The van der Waals surface area contributed by atoms with Crippen molar-refractivity contribution in [3.8, 4) is 12.3 Å². The molecule has 0 atom stereocenters. The van der Waals surface area contributed by atoms with Crippen LogP contribution in [0.5, 0.6) is 0 Å². The number of hydrogen-bond donors (Lipinski definition) is 1. The minimum Gasteiger partial charge on any atom is -0.175 e. The van der Waals surface area contributed by atoms with E-state index >= 15 is 0 Å². The van der Waals surface area contributed by atoms with Crippen molar-refractivity contribution >= 4 is 12.6 Å². The monoisotopic (exact) mass is 112 g/mol. The average Bonchev–Trinajstić information content (AvgIpc) is 1.68. The summed E-state index contributed by atoms with van der Waals surface area (Å²) in [5, 5.41) is 0. The van der Waals surface area contributed by atoms with Crippen molar-refractivity contribution in [3.05, 3.63) is 11.6 Å². The molecule has 0 radical (unpaired) electrons. The SMILES string of the molecule is C#C/C(C)=C/CS. The largest absolute Gasteiger partial charge is 0.175 e. The summed E-state index contributed by atoms with van der Waals surface area (Å²) in [5.41, 5.74) is 0.954. The van der Waals surface area contributed by atoms with E-state index in [0.717, 1.165) is 11.3 Å². The predicted octanol–water partition coefficient (Wildman–Crippen LogP) is 1.50. The van der Waals surface area contributed by atoms with Crippen molar-refractivity contribution in [3.63, 3.8) is 0 Å². The van der Waals surface area contributed by atoms with Crippen LogP contribution in [-0.4, -0.2) is 5.75 Å². The number of terminal acetylenes is 1. The Morgan fingerprint density at radius 2 is 2.57 bits per heavy atom. The van der Waals surface area contributed by atoms with Gasteiger partial charge in [-0.25, -0.2) is 0 Å². The van der Waals surface area contributed by atoms with Gasteiger partial charge in [0.05, 0.1) is 0 Å². The highest BCUT2D eigenvalue weighted by Crippen LogP contribution is 1.87. The summed E-state index contributed by atoms with van der Waals surface area (Å²) >= 11 is 3.94. The summed E-state index contributed by atoms with van der Waals surface area (Å²) in [5.74, 6) is 3.21. The Morgan fingerprint density at radius 1 is 2.00 bits per heavy atom. The minimum absolute atomic E-state index is 0.732. The van der Waals surface area contributed by atoms with Gasteiger partial charge in [-0.2, -0.15) is 12.6 Å². The van der Waals surface area contributed by atoms with Crippen LogP contribution in [0.3, 0.4) is 0 Å². The summed E-state index contributed by atoms with van der Waals surface area (Å²) in [7, 11) is 0. The van der Waals surface area contributed by atoms with Crippen molar-refractivity contribution in [1.82, 2.24) is 0 Å². The standard InChI is InChI=1S/C6H8S/c1-3-6(2)4-5-7/h1,4,7H,5H2,2H3/b6-4+. The zero-order valence-electron chi connectivity index (χ0n) is 4.31. The van der Waals surface area contributed by atoms with Crippen LogP contribution in [0.1, 0.15) is 6.92 Å². The highest BCUT2D eigenvalue weighted by Gasteiger charge is 1.72. The molecular formula is C6H8S. The Bertz CT molecular complexity index is 106. The Hall–Kier alpha value is -0.350. The van der Waals surface area contributed by atoms with E-state index in [9.17, 15) is 0 Å². The molecule has 0 saturated heterocycles. The van der Waals surface area contributed by atoms with Crippen LogP contribution in [0.2, 0.25) is 0 Å². The first-order valence-corrected chi connectivity index (χ1v) is 2.68. The lowest BCUT2D eigenvalue weighted by Gasteiger charge is -1.79. The van der Waals surface area contributed by atoms with E-state index in [1.807, 2.05) is 13.0 Å². The van der Waals surface area contributed by atoms with Crippen LogP contribution in [-0.2, 0) is 0 Å². The summed E-state index contributed by atoms with van der Waals surface area (Å²) in [6.45, 7) is 1.89. The van der Waals surface area contributed by atoms with Crippen LogP contribution < -0.4 is 0 Å². The molecule has 0 aliphatic carbocycles. The van der Waals surface area contributed by atoms with Gasteiger partial charge in [-0.15, -0.1) is 6.42 Å². The fraction of sp³-hybridized carbons (Fsp3) is 0.333. The molecule has 0 aromatic carbocycles. The van der Waals surface area contributed by atoms with Crippen molar-refractivity contribution < 1.29 is 0 Å². The lowest BCUT2D eigenvalue weighted by atomic mass is 10.3. The topological polar surface area (TPSA) is 0 Å². The van der Waals surface area contributed by atoms with Gasteiger partial charge < -0.3 is 0 Å². The van der Waals surface area contributed by atoms with Crippen molar-refractivity contribution in [2.45, 2.75) is 6.92 Å². The van der Waals surface area contributed by atoms with Gasteiger partial charge in [0.15, 0.2) is 0 Å². The van der Waals surface area contributed by atoms with Crippen LogP contribution >= 0.6 is 12.6 Å². The van der Waals surface area contributed by atoms with Crippen LogP contribution in [0, 0.1) is 12.3 Å². The maximum Gasteiger partial charge on any atom is 0.00945 e. The van der Waals surface area contributed by atoms with E-state index in [0.29, 0.717) is 0 Å². The zero-order chi connectivity index (χ0) is 5.70. The van der Waals surface area contributed by atoms with Crippen LogP contribution in [0.25, 0.3) is 0 Å². The molecule has 0 aromatic heterocycles. The summed E-state index contributed by atoms with van der Waals surface area (Å²) < 4.78 is 0. The molecule has 0 heterocycles. The van der Waals surface area contributed by atoms with E-state index in [1.165, 1.54) is 0 Å². The molecule has 1 heteroatoms. The quantitative estimate of drug-likeness (QED) is 0.385. The molecule has 0 amide bonds. The highest BCUT2D eigenvalue weighted by molar-refractivity contribution is 7.80. The molecule has 0 aliphatic heterocycles. The van der Waals surface area contributed by atoms with Gasteiger partial charge in [-0.05, 0) is 12.5 Å². The lowest BCUT2D eigenvalue weighted by Crippen LogP contribution is -1.67. The fourth-order valence-corrected chi connectivity index (χ4v) is 0.470. The average molecular weight is 112 g/mol. The molecule has 0 saturated carbocycles. The summed E-state index contributed by atoms with van der Waals surface area (Å²) in [6, 6.07) is 0. The maximum atomic E-state index is 5.01.